The smallest absolute Gasteiger partial charge is 0.316 e. The number of ether oxygens (including phenoxy) is 1. The average molecular weight is 619 g/mol. The van der Waals surface area contributed by atoms with Crippen molar-refractivity contribution in [1.29, 1.82) is 0 Å². The van der Waals surface area contributed by atoms with E-state index in [1.807, 2.05) is 13.0 Å². The molecule has 1 heterocycles. The van der Waals surface area contributed by atoms with Crippen LogP contribution in [0.2, 0.25) is 0 Å². The van der Waals surface area contributed by atoms with Gasteiger partial charge in [0, 0.05) is 34.5 Å². The van der Waals surface area contributed by atoms with Gasteiger partial charge in [0.2, 0.25) is 5.91 Å². The lowest BCUT2D eigenvalue weighted by molar-refractivity contribution is -0.205. The zero-order chi connectivity index (χ0) is 31.2. The Balaban J connectivity index is 1.24. The molecule has 43 heavy (non-hydrogen) atoms. The molecule has 4 saturated carbocycles. The summed E-state index contributed by atoms with van der Waals surface area (Å²) >= 11 is 1.42. The van der Waals surface area contributed by atoms with Gasteiger partial charge in [-0.1, -0.05) is 40.2 Å². The molecule has 12 atom stereocenters. The van der Waals surface area contributed by atoms with Gasteiger partial charge in [-0.3, -0.25) is 14.4 Å². The van der Waals surface area contributed by atoms with Crippen LogP contribution in [0.4, 0.5) is 0 Å². The summed E-state index contributed by atoms with van der Waals surface area (Å²) in [5.41, 5.74) is -1.49. The van der Waals surface area contributed by atoms with E-state index in [-0.39, 0.29) is 63.9 Å². The zero-order valence-corrected chi connectivity index (χ0v) is 27.4. The van der Waals surface area contributed by atoms with Crippen LogP contribution in [0.1, 0.15) is 98.3 Å². The molecule has 9 heteroatoms. The van der Waals surface area contributed by atoms with E-state index in [1.165, 1.54) is 11.8 Å². The second kappa shape index (κ2) is 12.8. The van der Waals surface area contributed by atoms with Crippen molar-refractivity contribution in [3.63, 3.8) is 0 Å². The highest BCUT2D eigenvalue weighted by atomic mass is 32.2. The van der Waals surface area contributed by atoms with Crippen molar-refractivity contribution in [2.75, 3.05) is 12.3 Å². The van der Waals surface area contributed by atoms with Gasteiger partial charge < -0.3 is 25.6 Å². The average Bonchev–Trinajstić information content (AvgIpc) is 3.35. The largest absolute Gasteiger partial charge is 0.461 e. The Morgan fingerprint density at radius 3 is 2.58 bits per heavy atom. The Labute approximate surface area is 261 Å². The predicted molar refractivity (Wildman–Crippen MR) is 168 cm³/mol. The number of hydrogen-bond acceptors (Lipinski definition) is 8. The van der Waals surface area contributed by atoms with Crippen LogP contribution in [0.3, 0.4) is 0 Å². The monoisotopic (exact) mass is 618 g/mol. The first-order chi connectivity index (χ1) is 20.4. The van der Waals surface area contributed by atoms with E-state index >= 15 is 0 Å². The van der Waals surface area contributed by atoms with Gasteiger partial charge in [0.15, 0.2) is 0 Å². The number of nitrogens with one attached hydrogen (secondary N) is 2. The number of ketones is 1. The third-order valence-corrected chi connectivity index (χ3v) is 14.1. The van der Waals surface area contributed by atoms with Gasteiger partial charge >= 0.3 is 5.97 Å². The summed E-state index contributed by atoms with van der Waals surface area (Å²) in [7, 11) is 0. The van der Waals surface area contributed by atoms with Gasteiger partial charge in [0.1, 0.15) is 11.9 Å². The Bertz CT molecular complexity index is 1080. The minimum Gasteiger partial charge on any atom is -0.461 e. The molecular weight excluding hydrogens is 564 g/mol. The topological polar surface area (TPSA) is 125 Å². The highest BCUT2D eigenvalue weighted by Crippen LogP contribution is 2.68. The second-order valence-electron chi connectivity index (χ2n) is 15.0. The standard InChI is InChI=1S/C34H54N2O6S/c1-6-32(4)18-27(33(5)20(2)12-14-34(21(3)30(32)40)15-13-24(37)29(33)34)42-28(39)19-43-26-11-10-22(17-25(26)38)36-31(41)23-9-7-8-16-35-23/h6,20-23,25-27,29-30,35,38,40H,1,7-19H2,2-5H3,(H,36,41)/t20?,21-,22+,23+,25+,26+,27+,29-,30-,32+,33-,34?/m0/s1. The van der Waals surface area contributed by atoms with Crippen LogP contribution in [0.5, 0.6) is 0 Å². The molecule has 4 aliphatic carbocycles. The summed E-state index contributed by atoms with van der Waals surface area (Å²) in [6.45, 7) is 13.4. The number of hydrogen-bond donors (Lipinski definition) is 4. The quantitative estimate of drug-likeness (QED) is 0.248. The van der Waals surface area contributed by atoms with Crippen LogP contribution in [0.15, 0.2) is 12.7 Å². The van der Waals surface area contributed by atoms with Crippen molar-refractivity contribution in [3.05, 3.63) is 12.7 Å². The molecule has 0 radical (unpaired) electrons. The number of esters is 1. The molecule has 5 aliphatic rings. The van der Waals surface area contributed by atoms with Gasteiger partial charge in [-0.25, -0.2) is 0 Å². The van der Waals surface area contributed by atoms with Crippen LogP contribution in [-0.2, 0) is 19.1 Å². The van der Waals surface area contributed by atoms with Crippen molar-refractivity contribution >= 4 is 29.4 Å². The van der Waals surface area contributed by atoms with Gasteiger partial charge in [-0.05, 0) is 81.6 Å². The number of aliphatic hydroxyl groups is 2. The number of Topliss-reactive ketones (excluding diaryl/α,β-unsaturated/α-hetero) is 1. The summed E-state index contributed by atoms with van der Waals surface area (Å²) < 4.78 is 6.37. The van der Waals surface area contributed by atoms with Gasteiger partial charge in [-0.2, -0.15) is 0 Å². The van der Waals surface area contributed by atoms with Crippen LogP contribution in [0, 0.1) is 34.0 Å². The first-order valence-electron chi connectivity index (χ1n) is 16.7. The fraction of sp³-hybridized carbons (Fsp3) is 0.853. The molecule has 0 aromatic rings. The number of carbonyl (C=O) groups excluding carboxylic acids is 3. The molecule has 0 aromatic carbocycles. The lowest BCUT2D eigenvalue weighted by atomic mass is 9.44. The third-order valence-electron chi connectivity index (χ3n) is 12.7. The highest BCUT2D eigenvalue weighted by molar-refractivity contribution is 8.00. The molecule has 1 saturated heterocycles. The predicted octanol–water partition coefficient (Wildman–Crippen LogP) is 4.17. The summed E-state index contributed by atoms with van der Waals surface area (Å²) in [6.07, 6.45) is 8.48. The lowest BCUT2D eigenvalue weighted by Crippen LogP contribution is -2.63. The van der Waals surface area contributed by atoms with E-state index in [0.29, 0.717) is 25.7 Å². The lowest BCUT2D eigenvalue weighted by Gasteiger charge is -2.61. The minimum atomic E-state index is -0.688. The van der Waals surface area contributed by atoms with Gasteiger partial charge in [0.25, 0.3) is 0 Å². The van der Waals surface area contributed by atoms with E-state index in [9.17, 15) is 24.6 Å². The molecule has 4 N–H and O–H groups in total. The van der Waals surface area contributed by atoms with Crippen molar-refractivity contribution < 1.29 is 29.3 Å². The Hall–Kier alpha value is -1.42. The normalized spacial score (nSPS) is 46.7. The molecule has 0 spiro atoms. The fourth-order valence-electron chi connectivity index (χ4n) is 9.69. The number of carbonyl (C=O) groups is 3. The first kappa shape index (κ1) is 33.0. The van der Waals surface area contributed by atoms with E-state index in [1.54, 1.807) is 0 Å². The Morgan fingerprint density at radius 2 is 1.91 bits per heavy atom. The number of rotatable bonds is 7. The molecule has 5 fully saturated rings. The second-order valence-corrected chi connectivity index (χ2v) is 16.2. The molecule has 0 aromatic heterocycles. The highest BCUT2D eigenvalue weighted by Gasteiger charge is 2.68. The van der Waals surface area contributed by atoms with E-state index in [0.717, 1.165) is 51.5 Å². The summed E-state index contributed by atoms with van der Waals surface area (Å²) in [6, 6.07) is -0.209. The number of amides is 1. The summed E-state index contributed by atoms with van der Waals surface area (Å²) in [5, 5.41) is 28.9. The molecule has 242 valence electrons. The van der Waals surface area contributed by atoms with Crippen LogP contribution >= 0.6 is 11.8 Å². The Morgan fingerprint density at radius 1 is 1.14 bits per heavy atom. The number of aliphatic hydroxyl groups excluding tert-OH is 2. The molecular formula is C34H54N2O6S. The summed E-state index contributed by atoms with van der Waals surface area (Å²) in [4.78, 5) is 39.8. The molecule has 5 rings (SSSR count). The summed E-state index contributed by atoms with van der Waals surface area (Å²) in [5.74, 6) is -0.0878. The molecule has 2 unspecified atom stereocenters. The zero-order valence-electron chi connectivity index (χ0n) is 26.6. The SMILES string of the molecule is C=C[C@]1(C)C[C@@H](OC(=O)CS[C@@H]2CC[C@@H](NC(=O)[C@H]3CCCCN3)C[C@H]2O)[C@]2(C)C(C)CCC3(CCC(=O)[C@H]32)[C@@H](C)[C@@H]1O. The first-order valence-corrected chi connectivity index (χ1v) is 17.8. The molecule has 1 amide bonds. The van der Waals surface area contributed by atoms with Gasteiger partial charge in [0.05, 0.1) is 24.0 Å². The minimum absolute atomic E-state index is 0.0204. The van der Waals surface area contributed by atoms with Gasteiger partial charge in [-0.15, -0.1) is 18.3 Å². The molecule has 8 nitrogen and oxygen atoms in total. The van der Waals surface area contributed by atoms with Crippen molar-refractivity contribution in [3.8, 4) is 0 Å². The Kier molecular flexibility index (Phi) is 9.78. The fourth-order valence-corrected chi connectivity index (χ4v) is 10.7. The maximum absolute atomic E-state index is 13.6. The molecule has 1 aliphatic heterocycles. The number of thioether (sulfide) groups is 1. The maximum atomic E-state index is 13.6. The van der Waals surface area contributed by atoms with E-state index in [2.05, 4.69) is 38.0 Å². The van der Waals surface area contributed by atoms with Crippen molar-refractivity contribution in [1.82, 2.24) is 10.6 Å². The van der Waals surface area contributed by atoms with E-state index in [4.69, 9.17) is 4.74 Å². The van der Waals surface area contributed by atoms with Crippen molar-refractivity contribution in [2.24, 2.45) is 34.0 Å². The van der Waals surface area contributed by atoms with Crippen LogP contribution in [-0.4, -0.2) is 75.8 Å². The number of piperidine rings is 1. The molecule has 2 bridgehead atoms. The van der Waals surface area contributed by atoms with E-state index < -0.39 is 29.1 Å². The van der Waals surface area contributed by atoms with Crippen molar-refractivity contribution in [2.45, 2.75) is 134 Å². The van der Waals surface area contributed by atoms with Crippen LogP contribution in [0.25, 0.3) is 0 Å². The maximum Gasteiger partial charge on any atom is 0.316 e. The van der Waals surface area contributed by atoms with Crippen LogP contribution < -0.4 is 10.6 Å². The third kappa shape index (κ3) is 5.97.